The number of fused-ring (bicyclic) bond motifs is 7. The Bertz CT molecular complexity index is 972. The first-order valence-corrected chi connectivity index (χ1v) is 15.9. The van der Waals surface area contributed by atoms with Crippen LogP contribution in [0, 0.1) is 62.6 Å². The second-order valence-corrected chi connectivity index (χ2v) is 16.4. The maximum atomic E-state index is 12.7. The van der Waals surface area contributed by atoms with Gasteiger partial charge in [0.25, 0.3) is 0 Å². The van der Waals surface area contributed by atoms with Crippen LogP contribution in [0.15, 0.2) is 0 Å². The molecule has 0 aliphatic heterocycles. The van der Waals surface area contributed by atoms with Gasteiger partial charge >= 0.3 is 11.9 Å². The molecular formula is C34H56O4. The molecule has 5 rings (SSSR count). The summed E-state index contributed by atoms with van der Waals surface area (Å²) in [7, 11) is 0. The molecule has 0 aromatic rings. The molecular weight excluding hydrogens is 472 g/mol. The minimum absolute atomic E-state index is 0.00201. The second kappa shape index (κ2) is 8.97. The fourth-order valence-electron chi connectivity index (χ4n) is 12.3. The molecule has 0 saturated heterocycles. The molecule has 4 nitrogen and oxygen atoms in total. The van der Waals surface area contributed by atoms with E-state index in [4.69, 9.17) is 9.47 Å². The molecule has 216 valence electrons. The predicted octanol–water partition coefficient (Wildman–Crippen LogP) is 8.22. The van der Waals surface area contributed by atoms with Gasteiger partial charge < -0.3 is 9.47 Å². The Balaban J connectivity index is 1.59. The molecule has 12 atom stereocenters. The number of esters is 2. The van der Waals surface area contributed by atoms with Gasteiger partial charge in [-0.15, -0.1) is 0 Å². The van der Waals surface area contributed by atoms with Crippen molar-refractivity contribution in [2.75, 3.05) is 0 Å². The van der Waals surface area contributed by atoms with Gasteiger partial charge in [-0.25, -0.2) is 0 Å². The molecule has 0 aromatic heterocycles. The molecule has 0 N–H and O–H groups in total. The second-order valence-electron chi connectivity index (χ2n) is 16.4. The summed E-state index contributed by atoms with van der Waals surface area (Å²) < 4.78 is 12.4. The lowest BCUT2D eigenvalue weighted by atomic mass is 9.31. The molecule has 0 radical (unpaired) electrons. The van der Waals surface area contributed by atoms with Crippen LogP contribution in [0.25, 0.3) is 0 Å². The highest BCUT2D eigenvalue weighted by Gasteiger charge is 2.72. The van der Waals surface area contributed by atoms with Gasteiger partial charge in [0.05, 0.1) is 0 Å². The lowest BCUT2D eigenvalue weighted by Gasteiger charge is -2.74. The quantitative estimate of drug-likeness (QED) is 0.339. The Hall–Kier alpha value is -1.06. The van der Waals surface area contributed by atoms with Crippen molar-refractivity contribution in [1.29, 1.82) is 0 Å². The maximum absolute atomic E-state index is 12.7. The fraction of sp³-hybridized carbons (Fsp3) is 0.941. The van der Waals surface area contributed by atoms with E-state index in [0.29, 0.717) is 35.0 Å². The van der Waals surface area contributed by atoms with E-state index in [-0.39, 0.29) is 45.8 Å². The van der Waals surface area contributed by atoms with Crippen molar-refractivity contribution in [2.24, 2.45) is 62.6 Å². The molecule has 0 amide bonds. The Morgan fingerprint density at radius 2 is 1.34 bits per heavy atom. The summed E-state index contributed by atoms with van der Waals surface area (Å²) in [5.41, 5.74) is 0.795. The summed E-state index contributed by atoms with van der Waals surface area (Å²) in [4.78, 5) is 24.6. The standard InChI is InChI=1S/C34H56O4/c1-20-11-14-31(7)17-18-34(10)29(28(31)21(20)2)24(37-22(3)35)19-26-32(8)15-13-27(38-23(4)36)30(5,6)25(32)12-16-33(26,34)9/h20-21,24-29H,11-19H2,1-10H3. The number of hydrogen-bond acceptors (Lipinski definition) is 4. The molecule has 5 saturated carbocycles. The monoisotopic (exact) mass is 528 g/mol. The van der Waals surface area contributed by atoms with Crippen LogP contribution in [0.4, 0.5) is 0 Å². The molecule has 5 aliphatic carbocycles. The number of carbonyl (C=O) groups excluding carboxylic acids is 2. The lowest BCUT2D eigenvalue weighted by molar-refractivity contribution is -0.284. The average molecular weight is 529 g/mol. The van der Waals surface area contributed by atoms with Crippen LogP contribution in [0.5, 0.6) is 0 Å². The van der Waals surface area contributed by atoms with E-state index < -0.39 is 0 Å². The molecule has 12 unspecified atom stereocenters. The summed E-state index contributed by atoms with van der Waals surface area (Å²) in [5.74, 6) is 3.14. The predicted molar refractivity (Wildman–Crippen MR) is 151 cm³/mol. The first-order chi connectivity index (χ1) is 17.5. The van der Waals surface area contributed by atoms with Gasteiger partial charge in [-0.3, -0.25) is 9.59 Å². The molecule has 0 bridgehead atoms. The van der Waals surface area contributed by atoms with E-state index in [1.807, 2.05) is 0 Å². The lowest BCUT2D eigenvalue weighted by Crippen LogP contribution is -2.70. The van der Waals surface area contributed by atoms with E-state index in [1.54, 1.807) is 13.8 Å². The zero-order valence-corrected chi connectivity index (χ0v) is 26.1. The first kappa shape index (κ1) is 28.5. The van der Waals surface area contributed by atoms with Gasteiger partial charge in [0, 0.05) is 25.2 Å². The van der Waals surface area contributed by atoms with Crippen molar-refractivity contribution in [3.63, 3.8) is 0 Å². The Morgan fingerprint density at radius 1 is 0.684 bits per heavy atom. The number of ether oxygens (including phenoxy) is 2. The summed E-state index contributed by atoms with van der Waals surface area (Å²) in [5, 5.41) is 0. The van der Waals surface area contributed by atoms with Crippen LogP contribution in [0.2, 0.25) is 0 Å². The largest absolute Gasteiger partial charge is 0.462 e. The number of hydrogen-bond donors (Lipinski definition) is 0. The Morgan fingerprint density at radius 3 is 1.97 bits per heavy atom. The van der Waals surface area contributed by atoms with Crippen molar-refractivity contribution < 1.29 is 19.1 Å². The van der Waals surface area contributed by atoms with Gasteiger partial charge in [0.2, 0.25) is 0 Å². The molecule has 5 fully saturated rings. The van der Waals surface area contributed by atoms with Crippen LogP contribution in [0.3, 0.4) is 0 Å². The molecule has 38 heavy (non-hydrogen) atoms. The first-order valence-electron chi connectivity index (χ1n) is 15.9. The molecule has 0 spiro atoms. The van der Waals surface area contributed by atoms with Crippen molar-refractivity contribution in [3.05, 3.63) is 0 Å². The van der Waals surface area contributed by atoms with E-state index in [9.17, 15) is 9.59 Å². The maximum Gasteiger partial charge on any atom is 0.302 e. The van der Waals surface area contributed by atoms with Crippen LogP contribution >= 0.6 is 0 Å². The van der Waals surface area contributed by atoms with Crippen LogP contribution in [0.1, 0.15) is 127 Å². The van der Waals surface area contributed by atoms with Crippen LogP contribution in [-0.4, -0.2) is 24.1 Å². The number of carbonyl (C=O) groups is 2. The minimum Gasteiger partial charge on any atom is -0.462 e. The highest BCUT2D eigenvalue weighted by Crippen LogP contribution is 2.77. The van der Waals surface area contributed by atoms with Crippen molar-refractivity contribution in [2.45, 2.75) is 139 Å². The summed E-state index contributed by atoms with van der Waals surface area (Å²) in [6, 6.07) is 0. The smallest absolute Gasteiger partial charge is 0.302 e. The summed E-state index contributed by atoms with van der Waals surface area (Å²) in [6.07, 6.45) is 10.6. The van der Waals surface area contributed by atoms with Crippen molar-refractivity contribution in [3.8, 4) is 0 Å². The third kappa shape index (κ3) is 3.80. The highest BCUT2D eigenvalue weighted by molar-refractivity contribution is 5.66. The van der Waals surface area contributed by atoms with Crippen molar-refractivity contribution in [1.82, 2.24) is 0 Å². The normalized spacial score (nSPS) is 53.4. The van der Waals surface area contributed by atoms with Gasteiger partial charge in [0.15, 0.2) is 0 Å². The third-order valence-corrected chi connectivity index (χ3v) is 14.6. The molecule has 5 aliphatic rings. The van der Waals surface area contributed by atoms with E-state index in [2.05, 4.69) is 55.4 Å². The van der Waals surface area contributed by atoms with Gasteiger partial charge in [-0.1, -0.05) is 55.4 Å². The van der Waals surface area contributed by atoms with Crippen molar-refractivity contribution >= 4 is 11.9 Å². The number of rotatable bonds is 2. The summed E-state index contributed by atoms with van der Waals surface area (Å²) in [6.45, 7) is 23.2. The zero-order chi connectivity index (χ0) is 28.1. The Labute approximate surface area is 232 Å². The third-order valence-electron chi connectivity index (χ3n) is 14.6. The fourth-order valence-corrected chi connectivity index (χ4v) is 12.3. The van der Waals surface area contributed by atoms with Gasteiger partial charge in [0.1, 0.15) is 12.2 Å². The van der Waals surface area contributed by atoms with E-state index in [0.717, 1.165) is 25.2 Å². The topological polar surface area (TPSA) is 52.6 Å². The molecule has 4 heteroatoms. The Kier molecular flexibility index (Phi) is 6.72. The molecule has 0 aromatic carbocycles. The van der Waals surface area contributed by atoms with Crippen LogP contribution in [-0.2, 0) is 19.1 Å². The zero-order valence-electron chi connectivity index (χ0n) is 26.1. The average Bonchev–Trinajstić information content (AvgIpc) is 2.80. The van der Waals surface area contributed by atoms with E-state index in [1.165, 1.54) is 38.5 Å². The van der Waals surface area contributed by atoms with Gasteiger partial charge in [-0.2, -0.15) is 0 Å². The van der Waals surface area contributed by atoms with Gasteiger partial charge in [-0.05, 0) is 109 Å². The highest BCUT2D eigenvalue weighted by atomic mass is 16.5. The minimum atomic E-state index is -0.156. The summed E-state index contributed by atoms with van der Waals surface area (Å²) >= 11 is 0. The molecule has 0 heterocycles. The SMILES string of the molecule is CC(=O)OC1CC2C3(C)CCC(OC(C)=O)C(C)(C)C3CCC2(C)C2(C)CCC3(C)CCC(C)C(C)C3C12. The van der Waals surface area contributed by atoms with Crippen LogP contribution < -0.4 is 0 Å². The van der Waals surface area contributed by atoms with E-state index >= 15 is 0 Å².